The maximum Gasteiger partial charge on any atom is 0.323 e. The Morgan fingerprint density at radius 1 is 1.29 bits per heavy atom. The van der Waals surface area contributed by atoms with Crippen LogP contribution in [0.5, 0.6) is 0 Å². The van der Waals surface area contributed by atoms with Crippen molar-refractivity contribution in [2.24, 2.45) is 0 Å². The van der Waals surface area contributed by atoms with E-state index >= 15 is 0 Å². The van der Waals surface area contributed by atoms with E-state index < -0.39 is 0 Å². The molecular weight excluding hydrogens is 214 g/mol. The summed E-state index contributed by atoms with van der Waals surface area (Å²) in [6, 6.07) is 9.80. The number of carbonyl (C=O) groups excluding carboxylic acids is 1. The average molecular weight is 235 g/mol. The maximum atomic E-state index is 11.9. The zero-order chi connectivity index (χ0) is 12.7. The van der Waals surface area contributed by atoms with Crippen molar-refractivity contribution in [1.29, 1.82) is 0 Å². The van der Waals surface area contributed by atoms with Crippen LogP contribution in [-0.4, -0.2) is 37.6 Å². The van der Waals surface area contributed by atoms with E-state index in [1.54, 1.807) is 0 Å². The molecule has 1 unspecified atom stereocenters. The molecule has 1 aromatic rings. The molecule has 0 spiro atoms. The minimum atomic E-state index is -0.205. The average Bonchev–Trinajstić information content (AvgIpc) is 2.34. The van der Waals surface area contributed by atoms with Gasteiger partial charge >= 0.3 is 5.97 Å². The van der Waals surface area contributed by atoms with Gasteiger partial charge < -0.3 is 4.74 Å². The number of hydrogen-bond donors (Lipinski definition) is 0. The fourth-order valence-electron chi connectivity index (χ4n) is 1.61. The van der Waals surface area contributed by atoms with Gasteiger partial charge in [0.05, 0.1) is 6.61 Å². The van der Waals surface area contributed by atoms with Crippen molar-refractivity contribution in [3.05, 3.63) is 35.9 Å². The van der Waals surface area contributed by atoms with Crippen LogP contribution in [0, 0.1) is 0 Å². The van der Waals surface area contributed by atoms with Crippen molar-refractivity contribution >= 4 is 5.97 Å². The summed E-state index contributed by atoms with van der Waals surface area (Å²) < 4.78 is 5.21. The zero-order valence-electron chi connectivity index (χ0n) is 10.8. The van der Waals surface area contributed by atoms with E-state index in [1.165, 1.54) is 0 Å². The summed E-state index contributed by atoms with van der Waals surface area (Å²) in [6.45, 7) is 2.49. The molecule has 0 aliphatic carbocycles. The summed E-state index contributed by atoms with van der Waals surface area (Å²) in [5, 5.41) is 0. The molecule has 0 aliphatic heterocycles. The second kappa shape index (κ2) is 7.07. The Balaban J connectivity index is 2.63. The number of ether oxygens (including phenoxy) is 1. The van der Waals surface area contributed by atoms with Gasteiger partial charge in [0.1, 0.15) is 6.04 Å². The Labute approximate surface area is 103 Å². The molecule has 0 bridgehead atoms. The highest BCUT2D eigenvalue weighted by Gasteiger charge is 2.22. The third-order valence-corrected chi connectivity index (χ3v) is 2.62. The van der Waals surface area contributed by atoms with Crippen LogP contribution in [-0.2, 0) is 16.0 Å². The van der Waals surface area contributed by atoms with E-state index in [2.05, 4.69) is 0 Å². The van der Waals surface area contributed by atoms with E-state index in [9.17, 15) is 4.79 Å². The van der Waals surface area contributed by atoms with E-state index in [0.717, 1.165) is 12.0 Å². The summed E-state index contributed by atoms with van der Waals surface area (Å²) in [5.74, 6) is -0.138. The third-order valence-electron chi connectivity index (χ3n) is 2.62. The Hall–Kier alpha value is -1.35. The van der Waals surface area contributed by atoms with Crippen molar-refractivity contribution < 1.29 is 9.53 Å². The van der Waals surface area contributed by atoms with Gasteiger partial charge in [0.2, 0.25) is 0 Å². The first-order valence-electron chi connectivity index (χ1n) is 6.02. The Kier molecular flexibility index (Phi) is 5.70. The number of rotatable bonds is 6. The Morgan fingerprint density at radius 3 is 2.47 bits per heavy atom. The molecule has 3 nitrogen and oxygen atoms in total. The molecule has 1 rings (SSSR count). The molecule has 0 N–H and O–H groups in total. The number of esters is 1. The van der Waals surface area contributed by atoms with Gasteiger partial charge in [-0.3, -0.25) is 9.69 Å². The summed E-state index contributed by atoms with van der Waals surface area (Å²) in [6.07, 6.45) is 1.55. The van der Waals surface area contributed by atoms with Crippen molar-refractivity contribution in [3.8, 4) is 0 Å². The topological polar surface area (TPSA) is 29.5 Å². The van der Waals surface area contributed by atoms with Crippen LogP contribution in [0.4, 0.5) is 0 Å². The van der Waals surface area contributed by atoms with E-state index in [4.69, 9.17) is 4.74 Å². The Morgan fingerprint density at radius 2 is 1.94 bits per heavy atom. The van der Waals surface area contributed by atoms with Gasteiger partial charge in [-0.15, -0.1) is 0 Å². The van der Waals surface area contributed by atoms with Crippen LogP contribution in [0.15, 0.2) is 30.3 Å². The molecule has 17 heavy (non-hydrogen) atoms. The zero-order valence-corrected chi connectivity index (χ0v) is 10.8. The standard InChI is InChI=1S/C14H21NO2/c1-4-10-17-14(16)13(15(2)3)11-12-8-6-5-7-9-12/h5-9,13H,4,10-11H2,1-3H3. The van der Waals surface area contributed by atoms with Gasteiger partial charge in [-0.25, -0.2) is 0 Å². The smallest absolute Gasteiger partial charge is 0.323 e. The molecule has 0 radical (unpaired) electrons. The molecule has 0 saturated carbocycles. The monoisotopic (exact) mass is 235 g/mol. The summed E-state index contributed by atoms with van der Waals surface area (Å²) in [4.78, 5) is 13.8. The third kappa shape index (κ3) is 4.57. The van der Waals surface area contributed by atoms with Gasteiger partial charge in [0.25, 0.3) is 0 Å². The maximum absolute atomic E-state index is 11.9. The van der Waals surface area contributed by atoms with Crippen LogP contribution in [0.1, 0.15) is 18.9 Å². The molecule has 0 fully saturated rings. The number of benzene rings is 1. The minimum Gasteiger partial charge on any atom is -0.465 e. The first-order valence-corrected chi connectivity index (χ1v) is 6.02. The molecule has 0 aliphatic rings. The normalized spacial score (nSPS) is 12.5. The fraction of sp³-hybridized carbons (Fsp3) is 0.500. The highest BCUT2D eigenvalue weighted by Crippen LogP contribution is 2.08. The predicted molar refractivity (Wildman–Crippen MR) is 68.9 cm³/mol. The predicted octanol–water partition coefficient (Wildman–Crippen LogP) is 2.11. The molecule has 0 saturated heterocycles. The van der Waals surface area contributed by atoms with Crippen molar-refractivity contribution in [2.45, 2.75) is 25.8 Å². The largest absolute Gasteiger partial charge is 0.465 e. The molecule has 0 amide bonds. The molecular formula is C14H21NO2. The number of hydrogen-bond acceptors (Lipinski definition) is 3. The van der Waals surface area contributed by atoms with Crippen molar-refractivity contribution in [1.82, 2.24) is 4.90 Å². The Bertz CT molecular complexity index is 335. The highest BCUT2D eigenvalue weighted by molar-refractivity contribution is 5.76. The highest BCUT2D eigenvalue weighted by atomic mass is 16.5. The molecule has 0 heterocycles. The van der Waals surface area contributed by atoms with E-state index in [-0.39, 0.29) is 12.0 Å². The number of nitrogens with zero attached hydrogens (tertiary/aromatic N) is 1. The lowest BCUT2D eigenvalue weighted by molar-refractivity contribution is -0.149. The summed E-state index contributed by atoms with van der Waals surface area (Å²) in [5.41, 5.74) is 1.15. The lowest BCUT2D eigenvalue weighted by Gasteiger charge is -2.22. The fourth-order valence-corrected chi connectivity index (χ4v) is 1.61. The van der Waals surface area contributed by atoms with Gasteiger partial charge in [-0.2, -0.15) is 0 Å². The molecule has 3 heteroatoms. The first kappa shape index (κ1) is 13.7. The van der Waals surface area contributed by atoms with Crippen LogP contribution in [0.3, 0.4) is 0 Å². The van der Waals surface area contributed by atoms with Gasteiger partial charge in [0, 0.05) is 0 Å². The molecule has 1 atom stereocenters. The van der Waals surface area contributed by atoms with Crippen molar-refractivity contribution in [2.75, 3.05) is 20.7 Å². The summed E-state index contributed by atoms with van der Waals surface area (Å²) >= 11 is 0. The van der Waals surface area contributed by atoms with Crippen molar-refractivity contribution in [3.63, 3.8) is 0 Å². The van der Waals surface area contributed by atoms with E-state index in [1.807, 2.05) is 56.3 Å². The van der Waals surface area contributed by atoms with Crippen LogP contribution < -0.4 is 0 Å². The molecule has 1 aromatic carbocycles. The number of likely N-dealkylation sites (N-methyl/N-ethyl adjacent to an activating group) is 1. The second-order valence-corrected chi connectivity index (χ2v) is 4.34. The minimum absolute atomic E-state index is 0.138. The van der Waals surface area contributed by atoms with Gasteiger partial charge in [0.15, 0.2) is 0 Å². The van der Waals surface area contributed by atoms with Crippen LogP contribution in [0.2, 0.25) is 0 Å². The van der Waals surface area contributed by atoms with E-state index in [0.29, 0.717) is 13.0 Å². The number of carbonyl (C=O) groups is 1. The van der Waals surface area contributed by atoms with Gasteiger partial charge in [-0.1, -0.05) is 37.3 Å². The lowest BCUT2D eigenvalue weighted by atomic mass is 10.1. The van der Waals surface area contributed by atoms with Crippen LogP contribution >= 0.6 is 0 Å². The van der Waals surface area contributed by atoms with Gasteiger partial charge in [-0.05, 0) is 32.5 Å². The first-order chi connectivity index (χ1) is 8.15. The lowest BCUT2D eigenvalue weighted by Crippen LogP contribution is -2.39. The molecule has 0 aromatic heterocycles. The summed E-state index contributed by atoms with van der Waals surface area (Å²) in [7, 11) is 3.81. The second-order valence-electron chi connectivity index (χ2n) is 4.34. The SMILES string of the molecule is CCCOC(=O)C(Cc1ccccc1)N(C)C. The van der Waals surface area contributed by atoms with Crippen LogP contribution in [0.25, 0.3) is 0 Å². The molecule has 94 valence electrons. The quantitative estimate of drug-likeness (QED) is 0.707.